The number of aromatic nitrogens is 3. The van der Waals surface area contributed by atoms with E-state index < -0.39 is 11.9 Å². The lowest BCUT2D eigenvalue weighted by molar-refractivity contribution is -0.142. The summed E-state index contributed by atoms with van der Waals surface area (Å²) in [5, 5.41) is 6.81. The average Bonchev–Trinajstić information content (AvgIpc) is 3.33. The van der Waals surface area contributed by atoms with Gasteiger partial charge >= 0.3 is 6.18 Å². The van der Waals surface area contributed by atoms with Gasteiger partial charge in [-0.25, -0.2) is 4.68 Å². The predicted octanol–water partition coefficient (Wildman–Crippen LogP) is 6.16. The topological polar surface area (TPSA) is 84.5 Å². The molecular weight excluding hydrogens is 481 g/mol. The second-order valence-electron chi connectivity index (χ2n) is 7.12. The van der Waals surface area contributed by atoms with E-state index >= 15 is 0 Å². The van der Waals surface area contributed by atoms with Gasteiger partial charge < -0.3 is 5.32 Å². The number of hydrogen-bond acceptors (Lipinski definition) is 5. The first-order valence-corrected chi connectivity index (χ1v) is 11.9. The number of aliphatic imine (C=N–C) groups is 2. The number of nitrogens with zero attached hydrogens (tertiary/aromatic N) is 5. The van der Waals surface area contributed by atoms with Crippen LogP contribution in [0.2, 0.25) is 0 Å². The number of halogens is 3. The molecule has 1 atom stereocenters. The molecule has 1 amide bonds. The molecule has 10 heteroatoms. The summed E-state index contributed by atoms with van der Waals surface area (Å²) < 4.78 is 40.0. The van der Waals surface area contributed by atoms with Crippen molar-refractivity contribution in [2.75, 3.05) is 13.6 Å². The number of allylic oxidation sites excluding steroid dienone is 3. The maximum Gasteiger partial charge on any atom is 0.433 e. The van der Waals surface area contributed by atoms with Crippen LogP contribution in [0.25, 0.3) is 11.3 Å². The Bertz CT molecular complexity index is 1080. The maximum absolute atomic E-state index is 13.0. The van der Waals surface area contributed by atoms with Gasteiger partial charge in [0.2, 0.25) is 0 Å². The molecule has 0 radical (unpaired) electrons. The molecule has 2 rings (SSSR count). The molecule has 2 aromatic rings. The van der Waals surface area contributed by atoms with Crippen LogP contribution in [-0.4, -0.2) is 52.4 Å². The number of pyridine rings is 1. The van der Waals surface area contributed by atoms with Gasteiger partial charge in [0.25, 0.3) is 5.91 Å². The molecule has 0 saturated carbocycles. The summed E-state index contributed by atoms with van der Waals surface area (Å²) in [6, 6.07) is 4.33. The largest absolute Gasteiger partial charge is 0.433 e. The number of rotatable bonds is 7. The molecule has 1 unspecified atom stereocenters. The highest BCUT2D eigenvalue weighted by atomic mass is 19.4. The van der Waals surface area contributed by atoms with Gasteiger partial charge in [0.15, 0.2) is 0 Å². The Morgan fingerprint density at radius 2 is 2.00 bits per heavy atom. The Labute approximate surface area is 217 Å². The fourth-order valence-corrected chi connectivity index (χ4v) is 2.85. The molecule has 1 N–H and O–H groups in total. The van der Waals surface area contributed by atoms with Gasteiger partial charge in [-0.3, -0.25) is 19.8 Å². The first-order chi connectivity index (χ1) is 17.6. The molecule has 0 spiro atoms. The van der Waals surface area contributed by atoms with Crippen molar-refractivity contribution in [3.05, 3.63) is 72.7 Å². The number of carbonyl (C=O) groups is 1. The third-order valence-corrected chi connectivity index (χ3v) is 4.32. The molecule has 0 bridgehead atoms. The molecule has 2 heterocycles. The first-order valence-electron chi connectivity index (χ1n) is 11.9. The summed E-state index contributed by atoms with van der Waals surface area (Å²) in [5.74, 6) is 0.0565. The summed E-state index contributed by atoms with van der Waals surface area (Å²) in [7, 11) is 1.62. The van der Waals surface area contributed by atoms with Gasteiger partial charge in [-0.2, -0.15) is 18.3 Å². The monoisotopic (exact) mass is 518 g/mol. The van der Waals surface area contributed by atoms with Gasteiger partial charge in [-0.15, -0.1) is 0 Å². The molecular formula is C27H37F3N6O. The van der Waals surface area contributed by atoms with E-state index in [1.54, 1.807) is 44.5 Å². The van der Waals surface area contributed by atoms with Crippen LogP contribution in [0, 0.1) is 0 Å². The highest BCUT2D eigenvalue weighted by Gasteiger charge is 2.36. The van der Waals surface area contributed by atoms with E-state index in [0.717, 1.165) is 10.7 Å². The zero-order valence-corrected chi connectivity index (χ0v) is 22.5. The highest BCUT2D eigenvalue weighted by Crippen LogP contribution is 2.32. The van der Waals surface area contributed by atoms with Crippen molar-refractivity contribution in [2.45, 2.75) is 53.8 Å². The van der Waals surface area contributed by atoms with Crippen molar-refractivity contribution in [2.24, 2.45) is 9.98 Å². The lowest BCUT2D eigenvalue weighted by Crippen LogP contribution is -2.32. The zero-order valence-electron chi connectivity index (χ0n) is 22.5. The van der Waals surface area contributed by atoms with Gasteiger partial charge in [0.1, 0.15) is 11.5 Å². The van der Waals surface area contributed by atoms with E-state index in [1.165, 1.54) is 19.3 Å². The quantitative estimate of drug-likeness (QED) is 0.157. The van der Waals surface area contributed by atoms with Crippen molar-refractivity contribution in [3.63, 3.8) is 0 Å². The van der Waals surface area contributed by atoms with Crippen LogP contribution >= 0.6 is 0 Å². The van der Waals surface area contributed by atoms with Crippen LogP contribution in [0.4, 0.5) is 13.2 Å². The van der Waals surface area contributed by atoms with E-state index in [4.69, 9.17) is 0 Å². The van der Waals surface area contributed by atoms with Gasteiger partial charge in [0.05, 0.1) is 11.3 Å². The van der Waals surface area contributed by atoms with Crippen LogP contribution in [0.3, 0.4) is 0 Å². The average molecular weight is 519 g/mol. The van der Waals surface area contributed by atoms with E-state index in [1.807, 2.05) is 39.8 Å². The molecule has 37 heavy (non-hydrogen) atoms. The van der Waals surface area contributed by atoms with Crippen LogP contribution in [0.1, 0.15) is 47.2 Å². The number of amides is 1. The molecule has 0 aliphatic carbocycles. The molecule has 0 fully saturated rings. The normalized spacial score (nSPS) is 12.9. The summed E-state index contributed by atoms with van der Waals surface area (Å²) in [4.78, 5) is 23.3. The molecule has 0 aliphatic heterocycles. The standard InChI is InChI=1S/C13H13F3N4.C12H18N2O.C2H6/c1-3-18-9(2)20-12(13(14,15)16)7-11(19-20)10-5-4-6-17-8-10;1-5-7-10(3)14-12(15)11(8-6-2)9-13-4;1-2/h4-8H,3H2,1-2H3;5-10H,2H2,1,3-4H3,(H,14,15);1-2H3/b;7-5-,11-8+,13-9?;. The van der Waals surface area contributed by atoms with E-state index in [2.05, 4.69) is 32.0 Å². The fraction of sp³-hybridized carbons (Fsp3) is 0.370. The second kappa shape index (κ2) is 17.6. The predicted molar refractivity (Wildman–Crippen MR) is 146 cm³/mol. The maximum atomic E-state index is 13.0. The molecule has 0 saturated heterocycles. The zero-order chi connectivity index (χ0) is 28.4. The summed E-state index contributed by atoms with van der Waals surface area (Å²) in [5.41, 5.74) is 0.409. The van der Waals surface area contributed by atoms with Gasteiger partial charge in [-0.05, 0) is 52.0 Å². The Morgan fingerprint density at radius 1 is 1.32 bits per heavy atom. The van der Waals surface area contributed by atoms with E-state index in [-0.39, 0.29) is 23.5 Å². The SMILES string of the molecule is C=C/C=C(\C=NC)C(=O)NC(C)/C=C\C.CC.CCN=C(C)n1nc(-c2cccnc2)cc1C(F)(F)F. The summed E-state index contributed by atoms with van der Waals surface area (Å²) >= 11 is 0. The van der Waals surface area contributed by atoms with Crippen LogP contribution in [0.5, 0.6) is 0 Å². The second-order valence-corrected chi connectivity index (χ2v) is 7.12. The van der Waals surface area contributed by atoms with Gasteiger partial charge in [0, 0.05) is 43.8 Å². The van der Waals surface area contributed by atoms with Crippen LogP contribution in [-0.2, 0) is 11.0 Å². The lowest BCUT2D eigenvalue weighted by atomic mass is 10.2. The van der Waals surface area contributed by atoms with Crippen molar-refractivity contribution in [1.29, 1.82) is 0 Å². The minimum atomic E-state index is -4.49. The van der Waals surface area contributed by atoms with Gasteiger partial charge in [-0.1, -0.05) is 38.7 Å². The van der Waals surface area contributed by atoms with Crippen LogP contribution < -0.4 is 5.32 Å². The third kappa shape index (κ3) is 11.6. The Hall–Kier alpha value is -3.82. The van der Waals surface area contributed by atoms with Crippen molar-refractivity contribution in [1.82, 2.24) is 20.1 Å². The molecule has 202 valence electrons. The number of nitrogens with one attached hydrogen (secondary N) is 1. The van der Waals surface area contributed by atoms with Crippen molar-refractivity contribution < 1.29 is 18.0 Å². The highest BCUT2D eigenvalue weighted by molar-refractivity contribution is 6.12. The fourth-order valence-electron chi connectivity index (χ4n) is 2.85. The Kier molecular flexibility index (Phi) is 15.8. The lowest BCUT2D eigenvalue weighted by Gasteiger charge is -2.09. The van der Waals surface area contributed by atoms with E-state index in [0.29, 0.717) is 17.7 Å². The smallest absolute Gasteiger partial charge is 0.346 e. The molecule has 0 aliphatic rings. The number of alkyl halides is 3. The Morgan fingerprint density at radius 3 is 2.49 bits per heavy atom. The minimum Gasteiger partial charge on any atom is -0.346 e. The molecule has 7 nitrogen and oxygen atoms in total. The first kappa shape index (κ1) is 33.2. The Balaban J connectivity index is 0.000000684. The van der Waals surface area contributed by atoms with Crippen molar-refractivity contribution >= 4 is 18.0 Å². The van der Waals surface area contributed by atoms with E-state index in [9.17, 15) is 18.0 Å². The third-order valence-electron chi connectivity index (χ3n) is 4.32. The number of hydrogen-bond donors (Lipinski definition) is 1. The van der Waals surface area contributed by atoms with Crippen LogP contribution in [0.15, 0.2) is 77.0 Å². The number of carbonyl (C=O) groups excluding carboxylic acids is 1. The minimum absolute atomic E-state index is 0.0148. The molecule has 0 aromatic carbocycles. The van der Waals surface area contributed by atoms with Crippen molar-refractivity contribution in [3.8, 4) is 11.3 Å². The summed E-state index contributed by atoms with van der Waals surface area (Å²) in [6.07, 6.45) is 7.05. The summed E-state index contributed by atoms with van der Waals surface area (Å²) in [6.45, 7) is 15.0. The molecule has 2 aromatic heterocycles.